The average molecular weight is 200 g/mol. The number of aliphatic hydroxyl groups is 1. The Labute approximate surface area is 87.3 Å². The molecule has 1 heterocycles. The summed E-state index contributed by atoms with van der Waals surface area (Å²) in [6.45, 7) is 8.91. The third-order valence-electron chi connectivity index (χ3n) is 3.41. The van der Waals surface area contributed by atoms with Gasteiger partial charge in [0, 0.05) is 12.1 Å². The highest BCUT2D eigenvalue weighted by atomic mass is 16.3. The molecule has 1 saturated heterocycles. The van der Waals surface area contributed by atoms with Crippen LogP contribution in [0, 0.1) is 5.41 Å². The maximum Gasteiger partial charge on any atom is 0.0601 e. The van der Waals surface area contributed by atoms with Crippen LogP contribution < -0.4 is 5.73 Å². The summed E-state index contributed by atoms with van der Waals surface area (Å²) in [6, 6.07) is 0.201. The zero-order chi connectivity index (χ0) is 10.8. The van der Waals surface area contributed by atoms with Gasteiger partial charge in [0.1, 0.15) is 0 Å². The smallest absolute Gasteiger partial charge is 0.0601 e. The second-order valence-corrected chi connectivity index (χ2v) is 5.31. The molecule has 3 N–H and O–H groups in total. The SMILES string of the molecule is CC(N)C(CO)N1CCC(C)(C)CC1. The van der Waals surface area contributed by atoms with E-state index in [-0.39, 0.29) is 18.7 Å². The second-order valence-electron chi connectivity index (χ2n) is 5.31. The molecule has 1 rings (SSSR count). The van der Waals surface area contributed by atoms with Crippen molar-refractivity contribution in [1.29, 1.82) is 0 Å². The maximum atomic E-state index is 9.26. The van der Waals surface area contributed by atoms with Crippen LogP contribution in [-0.2, 0) is 0 Å². The predicted octanol–water partition coefficient (Wildman–Crippen LogP) is 0.816. The molecule has 14 heavy (non-hydrogen) atoms. The molecule has 0 radical (unpaired) electrons. The number of aliphatic hydroxyl groups excluding tert-OH is 1. The van der Waals surface area contributed by atoms with Gasteiger partial charge >= 0.3 is 0 Å². The van der Waals surface area contributed by atoms with Gasteiger partial charge in [-0.05, 0) is 38.3 Å². The first-order chi connectivity index (χ1) is 6.46. The van der Waals surface area contributed by atoms with Gasteiger partial charge in [0.05, 0.1) is 6.61 Å². The van der Waals surface area contributed by atoms with Crippen molar-refractivity contribution in [3.63, 3.8) is 0 Å². The van der Waals surface area contributed by atoms with Crippen molar-refractivity contribution in [2.24, 2.45) is 11.1 Å². The lowest BCUT2D eigenvalue weighted by atomic mass is 9.82. The fraction of sp³-hybridized carbons (Fsp3) is 1.00. The van der Waals surface area contributed by atoms with Gasteiger partial charge in [-0.15, -0.1) is 0 Å². The summed E-state index contributed by atoms with van der Waals surface area (Å²) in [6.07, 6.45) is 2.41. The van der Waals surface area contributed by atoms with Crippen LogP contribution in [-0.4, -0.2) is 41.8 Å². The Morgan fingerprint density at radius 1 is 1.36 bits per heavy atom. The van der Waals surface area contributed by atoms with Crippen LogP contribution in [0.3, 0.4) is 0 Å². The minimum absolute atomic E-state index is 0.0567. The number of hydrogen-bond acceptors (Lipinski definition) is 3. The summed E-state index contributed by atoms with van der Waals surface area (Å²) in [5, 5.41) is 9.26. The van der Waals surface area contributed by atoms with Crippen LogP contribution in [0.15, 0.2) is 0 Å². The standard InChI is InChI=1S/C11H24N2O/c1-9(12)10(8-14)13-6-4-11(2,3)5-7-13/h9-10,14H,4-8,12H2,1-3H3. The predicted molar refractivity (Wildman–Crippen MR) is 59.1 cm³/mol. The molecule has 84 valence electrons. The van der Waals surface area contributed by atoms with E-state index in [0.29, 0.717) is 5.41 Å². The number of hydrogen-bond donors (Lipinski definition) is 2. The summed E-state index contributed by atoms with van der Waals surface area (Å²) >= 11 is 0. The Morgan fingerprint density at radius 2 is 1.86 bits per heavy atom. The lowest BCUT2D eigenvalue weighted by Crippen LogP contribution is -2.52. The van der Waals surface area contributed by atoms with E-state index in [9.17, 15) is 5.11 Å². The van der Waals surface area contributed by atoms with Gasteiger partial charge in [-0.2, -0.15) is 0 Å². The van der Waals surface area contributed by atoms with Gasteiger partial charge in [0.25, 0.3) is 0 Å². The normalized spacial score (nSPS) is 27.2. The van der Waals surface area contributed by atoms with Crippen molar-refractivity contribution < 1.29 is 5.11 Å². The quantitative estimate of drug-likeness (QED) is 0.709. The van der Waals surface area contributed by atoms with E-state index in [2.05, 4.69) is 18.7 Å². The van der Waals surface area contributed by atoms with E-state index in [1.807, 2.05) is 6.92 Å². The van der Waals surface area contributed by atoms with Gasteiger partial charge < -0.3 is 10.8 Å². The molecule has 0 aromatic rings. The van der Waals surface area contributed by atoms with Gasteiger partial charge in [0.2, 0.25) is 0 Å². The monoisotopic (exact) mass is 200 g/mol. The fourth-order valence-electron chi connectivity index (χ4n) is 2.08. The Kier molecular flexibility index (Phi) is 3.93. The van der Waals surface area contributed by atoms with Gasteiger partial charge in [-0.3, -0.25) is 4.90 Å². The molecule has 1 aliphatic heterocycles. The summed E-state index contributed by atoms with van der Waals surface area (Å²) in [5.41, 5.74) is 6.31. The Bertz CT molecular complexity index is 170. The van der Waals surface area contributed by atoms with Crippen LogP contribution in [0.2, 0.25) is 0 Å². The molecule has 1 aliphatic rings. The topological polar surface area (TPSA) is 49.5 Å². The molecule has 0 saturated carbocycles. The highest BCUT2D eigenvalue weighted by Crippen LogP contribution is 2.30. The molecule has 3 heteroatoms. The number of rotatable bonds is 3. The minimum atomic E-state index is 0.0567. The van der Waals surface area contributed by atoms with Crippen molar-refractivity contribution in [1.82, 2.24) is 4.90 Å². The molecule has 0 aromatic carbocycles. The van der Waals surface area contributed by atoms with Crippen LogP contribution in [0.25, 0.3) is 0 Å². The van der Waals surface area contributed by atoms with Gasteiger partial charge in [-0.1, -0.05) is 13.8 Å². The number of likely N-dealkylation sites (tertiary alicyclic amines) is 1. The van der Waals surface area contributed by atoms with Crippen molar-refractivity contribution in [3.05, 3.63) is 0 Å². The molecule has 0 bridgehead atoms. The third-order valence-corrected chi connectivity index (χ3v) is 3.41. The first kappa shape index (κ1) is 12.0. The third kappa shape index (κ3) is 2.94. The fourth-order valence-corrected chi connectivity index (χ4v) is 2.08. The average Bonchev–Trinajstić information content (AvgIpc) is 2.08. The van der Waals surface area contributed by atoms with Crippen molar-refractivity contribution in [3.8, 4) is 0 Å². The number of piperidine rings is 1. The Balaban J connectivity index is 2.47. The zero-order valence-corrected chi connectivity index (χ0v) is 9.66. The van der Waals surface area contributed by atoms with Crippen molar-refractivity contribution in [2.45, 2.75) is 45.7 Å². The van der Waals surface area contributed by atoms with E-state index in [4.69, 9.17) is 5.73 Å². The second kappa shape index (κ2) is 4.60. The van der Waals surface area contributed by atoms with E-state index in [1.54, 1.807) is 0 Å². The Hall–Kier alpha value is -0.120. The van der Waals surface area contributed by atoms with E-state index >= 15 is 0 Å². The highest BCUT2D eigenvalue weighted by molar-refractivity contribution is 4.85. The zero-order valence-electron chi connectivity index (χ0n) is 9.66. The Morgan fingerprint density at radius 3 is 2.21 bits per heavy atom. The molecule has 2 unspecified atom stereocenters. The largest absolute Gasteiger partial charge is 0.395 e. The van der Waals surface area contributed by atoms with E-state index in [1.165, 1.54) is 12.8 Å². The lowest BCUT2D eigenvalue weighted by Gasteiger charge is -2.41. The van der Waals surface area contributed by atoms with Gasteiger partial charge in [-0.25, -0.2) is 0 Å². The van der Waals surface area contributed by atoms with Crippen molar-refractivity contribution in [2.75, 3.05) is 19.7 Å². The summed E-state index contributed by atoms with van der Waals surface area (Å²) in [4.78, 5) is 2.33. The van der Waals surface area contributed by atoms with E-state index in [0.717, 1.165) is 13.1 Å². The number of nitrogens with zero attached hydrogens (tertiary/aromatic N) is 1. The molecule has 0 spiro atoms. The lowest BCUT2D eigenvalue weighted by molar-refractivity contribution is 0.0531. The molecule has 0 aromatic heterocycles. The van der Waals surface area contributed by atoms with Crippen LogP contribution in [0.5, 0.6) is 0 Å². The molecule has 2 atom stereocenters. The molecule has 0 aliphatic carbocycles. The molecular weight excluding hydrogens is 176 g/mol. The first-order valence-electron chi connectivity index (χ1n) is 5.57. The molecule has 0 amide bonds. The summed E-state index contributed by atoms with van der Waals surface area (Å²) in [5.74, 6) is 0. The van der Waals surface area contributed by atoms with Crippen LogP contribution in [0.1, 0.15) is 33.6 Å². The highest BCUT2D eigenvalue weighted by Gasteiger charge is 2.30. The first-order valence-corrected chi connectivity index (χ1v) is 5.57. The summed E-state index contributed by atoms with van der Waals surface area (Å²) < 4.78 is 0. The van der Waals surface area contributed by atoms with Crippen LogP contribution in [0.4, 0.5) is 0 Å². The maximum absolute atomic E-state index is 9.26. The summed E-state index contributed by atoms with van der Waals surface area (Å²) in [7, 11) is 0. The molecular formula is C11H24N2O. The van der Waals surface area contributed by atoms with Crippen LogP contribution >= 0.6 is 0 Å². The molecule has 1 fully saturated rings. The minimum Gasteiger partial charge on any atom is -0.395 e. The van der Waals surface area contributed by atoms with Gasteiger partial charge in [0.15, 0.2) is 0 Å². The van der Waals surface area contributed by atoms with Crippen molar-refractivity contribution >= 4 is 0 Å². The van der Waals surface area contributed by atoms with E-state index < -0.39 is 0 Å². The number of nitrogens with two attached hydrogens (primary N) is 1. The molecule has 3 nitrogen and oxygen atoms in total.